The molecule has 0 unspecified atom stereocenters. The number of ether oxygens (including phenoxy) is 2. The van der Waals surface area contributed by atoms with Crippen molar-refractivity contribution in [3.8, 4) is 0 Å². The second-order valence-corrected chi connectivity index (χ2v) is 2.77. The fourth-order valence-corrected chi connectivity index (χ4v) is 0.760. The third kappa shape index (κ3) is 1.64. The van der Waals surface area contributed by atoms with E-state index in [1.807, 2.05) is 6.92 Å². The van der Waals surface area contributed by atoms with E-state index in [0.717, 1.165) is 0 Å². The highest BCUT2D eigenvalue weighted by atomic mass is 16.7. The third-order valence-electron chi connectivity index (χ3n) is 1.42. The summed E-state index contributed by atoms with van der Waals surface area (Å²) >= 11 is 0. The highest BCUT2D eigenvalue weighted by Crippen LogP contribution is 2.19. The van der Waals surface area contributed by atoms with Gasteiger partial charge in [0, 0.05) is 5.41 Å². The molecule has 0 aromatic rings. The van der Waals surface area contributed by atoms with Gasteiger partial charge in [-0.15, -0.1) is 0 Å². The quantitative estimate of drug-likeness (QED) is 0.517. The Balaban J connectivity index is 2.37. The van der Waals surface area contributed by atoms with E-state index in [9.17, 15) is 5.11 Å². The van der Waals surface area contributed by atoms with Crippen LogP contribution in [0.2, 0.25) is 0 Å². The van der Waals surface area contributed by atoms with E-state index in [1.165, 1.54) is 0 Å². The zero-order chi connectivity index (χ0) is 6.74. The van der Waals surface area contributed by atoms with Gasteiger partial charge in [-0.3, -0.25) is 0 Å². The van der Waals surface area contributed by atoms with E-state index < -0.39 is 0 Å². The van der Waals surface area contributed by atoms with Crippen LogP contribution in [0.25, 0.3) is 0 Å². The lowest BCUT2D eigenvalue weighted by Gasteiger charge is -2.29. The summed E-state index contributed by atoms with van der Waals surface area (Å²) in [6.45, 7) is 3.18. The predicted octanol–water partition coefficient (Wildman–Crippen LogP) is 0.427. The average Bonchev–Trinajstić information content (AvgIpc) is 1.90. The minimum Gasteiger partial charge on any atom is -0.355 e. The standard InChI is InChI=1S/C6H11O3/c1-6(2-7)3-8-5-9-4-6/h2-5H2,1H3. The second kappa shape index (κ2) is 2.64. The van der Waals surface area contributed by atoms with Gasteiger partial charge in [-0.2, -0.15) is 0 Å². The molecule has 53 valence electrons. The first-order chi connectivity index (χ1) is 4.27. The minimum absolute atomic E-state index is 0.118. The van der Waals surface area contributed by atoms with Crippen LogP contribution in [0.5, 0.6) is 0 Å². The summed E-state index contributed by atoms with van der Waals surface area (Å²) < 4.78 is 9.91. The molecule has 1 radical (unpaired) electrons. The monoisotopic (exact) mass is 131 g/mol. The Labute approximate surface area is 54.6 Å². The summed E-state index contributed by atoms with van der Waals surface area (Å²) in [6.07, 6.45) is 0. The zero-order valence-electron chi connectivity index (χ0n) is 5.55. The van der Waals surface area contributed by atoms with Gasteiger partial charge in [0.05, 0.1) is 19.8 Å². The predicted molar refractivity (Wildman–Crippen MR) is 30.4 cm³/mol. The maximum atomic E-state index is 10.4. The number of hydrogen-bond donors (Lipinski definition) is 0. The van der Waals surface area contributed by atoms with E-state index in [1.54, 1.807) is 0 Å². The van der Waals surface area contributed by atoms with Crippen LogP contribution in [0.4, 0.5) is 0 Å². The van der Waals surface area contributed by atoms with Crippen molar-refractivity contribution in [2.45, 2.75) is 6.92 Å². The van der Waals surface area contributed by atoms with Crippen LogP contribution in [0, 0.1) is 5.41 Å². The molecule has 0 amide bonds. The third-order valence-corrected chi connectivity index (χ3v) is 1.42. The molecule has 0 aromatic heterocycles. The van der Waals surface area contributed by atoms with Crippen molar-refractivity contribution in [1.29, 1.82) is 0 Å². The van der Waals surface area contributed by atoms with Crippen molar-refractivity contribution in [3.63, 3.8) is 0 Å². The molecule has 0 spiro atoms. The second-order valence-electron chi connectivity index (χ2n) is 2.77. The molecule has 0 atom stereocenters. The zero-order valence-corrected chi connectivity index (χ0v) is 5.55. The maximum Gasteiger partial charge on any atom is 0.146 e. The molecule has 1 heterocycles. The van der Waals surface area contributed by atoms with Gasteiger partial charge in [-0.1, -0.05) is 6.92 Å². The summed E-state index contributed by atoms with van der Waals surface area (Å²) in [5, 5.41) is 10.4. The fraction of sp³-hybridized carbons (Fsp3) is 1.00. The van der Waals surface area contributed by atoms with Gasteiger partial charge in [0.25, 0.3) is 0 Å². The largest absolute Gasteiger partial charge is 0.355 e. The molecule has 1 fully saturated rings. The lowest BCUT2D eigenvalue weighted by atomic mass is 9.94. The first-order valence-corrected chi connectivity index (χ1v) is 3.00. The summed E-state index contributed by atoms with van der Waals surface area (Å²) in [5.74, 6) is 0. The van der Waals surface area contributed by atoms with Gasteiger partial charge >= 0.3 is 0 Å². The molecule has 0 N–H and O–H groups in total. The summed E-state index contributed by atoms with van der Waals surface area (Å²) in [6, 6.07) is 0. The van der Waals surface area contributed by atoms with Gasteiger partial charge in [0.2, 0.25) is 0 Å². The van der Waals surface area contributed by atoms with E-state index in [2.05, 4.69) is 0 Å². The molecule has 1 aliphatic rings. The summed E-state index contributed by atoms with van der Waals surface area (Å²) in [5.41, 5.74) is -0.280. The van der Waals surface area contributed by atoms with Gasteiger partial charge in [0.1, 0.15) is 6.79 Å². The Morgan fingerprint density at radius 1 is 1.44 bits per heavy atom. The van der Waals surface area contributed by atoms with E-state index in [0.29, 0.717) is 20.0 Å². The Bertz CT molecular complexity index is 86.3. The molecule has 3 heteroatoms. The molecular weight excluding hydrogens is 120 g/mol. The van der Waals surface area contributed by atoms with Gasteiger partial charge in [-0.05, 0) is 0 Å². The number of hydrogen-bond acceptors (Lipinski definition) is 2. The van der Waals surface area contributed by atoms with Crippen LogP contribution in [0.15, 0.2) is 0 Å². The van der Waals surface area contributed by atoms with Crippen molar-refractivity contribution >= 4 is 0 Å². The average molecular weight is 131 g/mol. The molecular formula is C6H11O3. The fourth-order valence-electron chi connectivity index (χ4n) is 0.760. The molecule has 1 rings (SSSR count). The van der Waals surface area contributed by atoms with E-state index in [-0.39, 0.29) is 12.0 Å². The van der Waals surface area contributed by atoms with Crippen LogP contribution in [-0.2, 0) is 14.6 Å². The van der Waals surface area contributed by atoms with E-state index in [4.69, 9.17) is 9.47 Å². The van der Waals surface area contributed by atoms with Gasteiger partial charge in [-0.25, -0.2) is 5.11 Å². The summed E-state index contributed by atoms with van der Waals surface area (Å²) in [4.78, 5) is 0. The smallest absolute Gasteiger partial charge is 0.146 e. The highest BCUT2D eigenvalue weighted by molar-refractivity contribution is 4.73. The van der Waals surface area contributed by atoms with Crippen molar-refractivity contribution in [1.82, 2.24) is 0 Å². The Morgan fingerprint density at radius 3 is 2.33 bits per heavy atom. The highest BCUT2D eigenvalue weighted by Gasteiger charge is 2.27. The van der Waals surface area contributed by atoms with Crippen molar-refractivity contribution in [2.24, 2.45) is 5.41 Å². The van der Waals surface area contributed by atoms with Gasteiger partial charge in [0.15, 0.2) is 0 Å². The van der Waals surface area contributed by atoms with Crippen molar-refractivity contribution < 1.29 is 14.6 Å². The molecule has 9 heavy (non-hydrogen) atoms. The lowest BCUT2D eigenvalue weighted by molar-refractivity contribution is -0.175. The molecule has 0 saturated carbocycles. The van der Waals surface area contributed by atoms with Crippen LogP contribution < -0.4 is 0 Å². The van der Waals surface area contributed by atoms with E-state index >= 15 is 0 Å². The normalized spacial score (nSPS) is 26.0. The first kappa shape index (κ1) is 6.99. The molecule has 1 saturated heterocycles. The first-order valence-electron chi connectivity index (χ1n) is 3.00. The Morgan fingerprint density at radius 2 is 2.00 bits per heavy atom. The lowest BCUT2D eigenvalue weighted by Crippen LogP contribution is -2.37. The van der Waals surface area contributed by atoms with Crippen LogP contribution in [0.3, 0.4) is 0 Å². The SMILES string of the molecule is CC1(C[O])COCOC1. The topological polar surface area (TPSA) is 38.4 Å². The van der Waals surface area contributed by atoms with Crippen LogP contribution in [-0.4, -0.2) is 26.6 Å². The van der Waals surface area contributed by atoms with Gasteiger partial charge < -0.3 is 9.47 Å². The van der Waals surface area contributed by atoms with Crippen LogP contribution in [0.1, 0.15) is 6.92 Å². The molecule has 0 aromatic carbocycles. The Kier molecular flexibility index (Phi) is 2.05. The Hall–Kier alpha value is -0.120. The maximum absolute atomic E-state index is 10.4. The number of rotatable bonds is 1. The van der Waals surface area contributed by atoms with Crippen molar-refractivity contribution in [2.75, 3.05) is 26.6 Å². The van der Waals surface area contributed by atoms with Crippen molar-refractivity contribution in [3.05, 3.63) is 0 Å². The molecule has 0 bridgehead atoms. The van der Waals surface area contributed by atoms with Crippen LogP contribution >= 0.6 is 0 Å². The molecule has 3 nitrogen and oxygen atoms in total. The molecule has 1 aliphatic heterocycles. The minimum atomic E-state index is -0.280. The summed E-state index contributed by atoms with van der Waals surface area (Å²) in [7, 11) is 0. The molecule has 0 aliphatic carbocycles.